The topological polar surface area (TPSA) is 30.0 Å². The van der Waals surface area contributed by atoms with Gasteiger partial charge in [-0.3, -0.25) is 9.78 Å². The molecule has 0 radical (unpaired) electrons. The van der Waals surface area contributed by atoms with E-state index in [-0.39, 0.29) is 5.78 Å². The quantitative estimate of drug-likeness (QED) is 0.778. The lowest BCUT2D eigenvalue weighted by molar-refractivity contribution is 0.103. The van der Waals surface area contributed by atoms with Crippen LogP contribution >= 0.6 is 15.9 Å². The van der Waals surface area contributed by atoms with Crippen molar-refractivity contribution >= 4 is 21.7 Å². The minimum absolute atomic E-state index is 0.00451. The van der Waals surface area contributed by atoms with E-state index in [0.717, 1.165) is 4.47 Å². The summed E-state index contributed by atoms with van der Waals surface area (Å²) in [6.45, 7) is 0. The van der Waals surface area contributed by atoms with Gasteiger partial charge in [0.15, 0.2) is 5.78 Å². The van der Waals surface area contributed by atoms with Crippen LogP contribution in [0.4, 0.5) is 0 Å². The standard InChI is InChI=1S/C12H8BrNO/c13-11-4-2-1-3-10(11)12(15)9-5-7-14-8-6-9/h1-8H. The molecule has 0 aliphatic carbocycles. The van der Waals surface area contributed by atoms with E-state index in [1.165, 1.54) is 0 Å². The van der Waals surface area contributed by atoms with Gasteiger partial charge < -0.3 is 0 Å². The molecule has 1 aromatic heterocycles. The highest BCUT2D eigenvalue weighted by molar-refractivity contribution is 9.10. The summed E-state index contributed by atoms with van der Waals surface area (Å²) in [6.07, 6.45) is 3.23. The first kappa shape index (κ1) is 10.1. The maximum atomic E-state index is 12.0. The van der Waals surface area contributed by atoms with Crippen LogP contribution in [0, 0.1) is 0 Å². The Bertz CT molecular complexity index is 482. The summed E-state index contributed by atoms with van der Waals surface area (Å²) in [7, 11) is 0. The molecule has 0 aliphatic rings. The number of nitrogens with zero attached hydrogens (tertiary/aromatic N) is 1. The summed E-state index contributed by atoms with van der Waals surface area (Å²) < 4.78 is 0.812. The Kier molecular flexibility index (Phi) is 2.92. The molecule has 0 saturated carbocycles. The van der Waals surface area contributed by atoms with Gasteiger partial charge in [0.2, 0.25) is 0 Å². The molecule has 2 rings (SSSR count). The maximum absolute atomic E-state index is 12.0. The van der Waals surface area contributed by atoms with Crippen molar-refractivity contribution in [1.82, 2.24) is 4.98 Å². The Labute approximate surface area is 96.1 Å². The monoisotopic (exact) mass is 261 g/mol. The zero-order valence-corrected chi connectivity index (χ0v) is 9.44. The summed E-state index contributed by atoms with van der Waals surface area (Å²) in [5.74, 6) is 0.00451. The lowest BCUT2D eigenvalue weighted by Crippen LogP contribution is -2.01. The second kappa shape index (κ2) is 4.36. The lowest BCUT2D eigenvalue weighted by Gasteiger charge is -2.02. The van der Waals surface area contributed by atoms with Gasteiger partial charge in [-0.05, 0) is 24.3 Å². The average molecular weight is 262 g/mol. The minimum atomic E-state index is 0.00451. The Morgan fingerprint density at radius 1 is 1.07 bits per heavy atom. The fraction of sp³-hybridized carbons (Fsp3) is 0. The predicted octanol–water partition coefficient (Wildman–Crippen LogP) is 3.08. The number of pyridine rings is 1. The largest absolute Gasteiger partial charge is 0.289 e. The van der Waals surface area contributed by atoms with Crippen LogP contribution < -0.4 is 0 Å². The van der Waals surface area contributed by atoms with E-state index in [4.69, 9.17) is 0 Å². The van der Waals surface area contributed by atoms with E-state index in [9.17, 15) is 4.79 Å². The Hall–Kier alpha value is -1.48. The van der Waals surface area contributed by atoms with Crippen LogP contribution in [0.3, 0.4) is 0 Å². The average Bonchev–Trinajstić information content (AvgIpc) is 2.30. The molecule has 1 aromatic carbocycles. The van der Waals surface area contributed by atoms with Crippen LogP contribution in [0.15, 0.2) is 53.3 Å². The number of rotatable bonds is 2. The SMILES string of the molecule is O=C(c1ccncc1)c1ccccc1Br. The number of aromatic nitrogens is 1. The Morgan fingerprint density at radius 2 is 1.73 bits per heavy atom. The van der Waals surface area contributed by atoms with E-state index in [0.29, 0.717) is 11.1 Å². The first-order valence-corrected chi connectivity index (χ1v) is 5.27. The molecule has 15 heavy (non-hydrogen) atoms. The van der Waals surface area contributed by atoms with Crippen LogP contribution in [-0.4, -0.2) is 10.8 Å². The molecule has 0 N–H and O–H groups in total. The molecule has 0 amide bonds. The van der Waals surface area contributed by atoms with Gasteiger partial charge in [-0.15, -0.1) is 0 Å². The number of benzene rings is 1. The molecular weight excluding hydrogens is 254 g/mol. The molecule has 0 saturated heterocycles. The van der Waals surface area contributed by atoms with Crippen LogP contribution in [0.25, 0.3) is 0 Å². The smallest absolute Gasteiger partial charge is 0.194 e. The van der Waals surface area contributed by atoms with Crippen LogP contribution in [0.5, 0.6) is 0 Å². The van der Waals surface area contributed by atoms with Crippen LogP contribution in [0.2, 0.25) is 0 Å². The third kappa shape index (κ3) is 2.13. The highest BCUT2D eigenvalue weighted by Gasteiger charge is 2.10. The van der Waals surface area contributed by atoms with E-state index < -0.39 is 0 Å². The van der Waals surface area contributed by atoms with Crippen LogP contribution in [0.1, 0.15) is 15.9 Å². The number of halogens is 1. The zero-order chi connectivity index (χ0) is 10.7. The van der Waals surface area contributed by atoms with Gasteiger partial charge in [0.05, 0.1) is 0 Å². The molecule has 0 bridgehead atoms. The van der Waals surface area contributed by atoms with Gasteiger partial charge in [0.1, 0.15) is 0 Å². The van der Waals surface area contributed by atoms with Gasteiger partial charge in [0, 0.05) is 28.0 Å². The predicted molar refractivity (Wildman–Crippen MR) is 61.8 cm³/mol. The molecule has 0 atom stereocenters. The Balaban J connectivity index is 2.42. The van der Waals surface area contributed by atoms with Gasteiger partial charge in [-0.25, -0.2) is 0 Å². The number of carbonyl (C=O) groups excluding carboxylic acids is 1. The molecule has 0 fully saturated rings. The first-order chi connectivity index (χ1) is 7.29. The van der Waals surface area contributed by atoms with Gasteiger partial charge in [0.25, 0.3) is 0 Å². The first-order valence-electron chi connectivity index (χ1n) is 4.48. The Morgan fingerprint density at radius 3 is 2.40 bits per heavy atom. The molecule has 2 nitrogen and oxygen atoms in total. The van der Waals surface area contributed by atoms with E-state index in [1.54, 1.807) is 30.6 Å². The van der Waals surface area contributed by atoms with Crippen molar-refractivity contribution in [2.45, 2.75) is 0 Å². The fourth-order valence-corrected chi connectivity index (χ4v) is 1.77. The highest BCUT2D eigenvalue weighted by Crippen LogP contribution is 2.19. The second-order valence-electron chi connectivity index (χ2n) is 3.04. The lowest BCUT2D eigenvalue weighted by atomic mass is 10.1. The molecule has 1 heterocycles. The van der Waals surface area contributed by atoms with E-state index in [2.05, 4.69) is 20.9 Å². The van der Waals surface area contributed by atoms with Crippen molar-refractivity contribution in [3.05, 3.63) is 64.4 Å². The van der Waals surface area contributed by atoms with Crippen molar-refractivity contribution < 1.29 is 4.79 Å². The fourth-order valence-electron chi connectivity index (χ4n) is 1.30. The zero-order valence-electron chi connectivity index (χ0n) is 7.85. The number of carbonyl (C=O) groups is 1. The normalized spacial score (nSPS) is 9.93. The molecule has 0 unspecified atom stereocenters. The van der Waals surface area contributed by atoms with Crippen molar-refractivity contribution in [1.29, 1.82) is 0 Å². The van der Waals surface area contributed by atoms with Gasteiger partial charge in [-0.2, -0.15) is 0 Å². The summed E-state index contributed by atoms with van der Waals surface area (Å²) >= 11 is 3.36. The van der Waals surface area contributed by atoms with Crippen molar-refractivity contribution in [3.8, 4) is 0 Å². The third-order valence-electron chi connectivity index (χ3n) is 2.06. The van der Waals surface area contributed by atoms with E-state index >= 15 is 0 Å². The molecular formula is C12H8BrNO. The number of hydrogen-bond acceptors (Lipinski definition) is 2. The number of ketones is 1. The molecule has 2 aromatic rings. The molecule has 3 heteroatoms. The van der Waals surface area contributed by atoms with Crippen molar-refractivity contribution in [2.75, 3.05) is 0 Å². The second-order valence-corrected chi connectivity index (χ2v) is 3.90. The van der Waals surface area contributed by atoms with Crippen molar-refractivity contribution in [3.63, 3.8) is 0 Å². The summed E-state index contributed by atoms with van der Waals surface area (Å²) in [5, 5.41) is 0. The third-order valence-corrected chi connectivity index (χ3v) is 2.75. The summed E-state index contributed by atoms with van der Waals surface area (Å²) in [5.41, 5.74) is 1.32. The minimum Gasteiger partial charge on any atom is -0.289 e. The van der Waals surface area contributed by atoms with Gasteiger partial charge >= 0.3 is 0 Å². The van der Waals surface area contributed by atoms with Crippen molar-refractivity contribution in [2.24, 2.45) is 0 Å². The molecule has 0 aliphatic heterocycles. The highest BCUT2D eigenvalue weighted by atomic mass is 79.9. The summed E-state index contributed by atoms with van der Waals surface area (Å²) in [4.78, 5) is 15.9. The molecule has 74 valence electrons. The maximum Gasteiger partial charge on any atom is 0.194 e. The number of hydrogen-bond donors (Lipinski definition) is 0. The van der Waals surface area contributed by atoms with Crippen LogP contribution in [-0.2, 0) is 0 Å². The van der Waals surface area contributed by atoms with Gasteiger partial charge in [-0.1, -0.05) is 28.1 Å². The van der Waals surface area contributed by atoms with E-state index in [1.807, 2.05) is 18.2 Å². The summed E-state index contributed by atoms with van der Waals surface area (Å²) in [6, 6.07) is 10.8. The molecule has 0 spiro atoms.